The molecule has 1 N–H and O–H groups in total. The summed E-state index contributed by atoms with van der Waals surface area (Å²) in [7, 11) is 0. The highest BCUT2D eigenvalue weighted by atomic mass is 16.5. The Morgan fingerprint density at radius 3 is 2.33 bits per heavy atom. The molecule has 2 heterocycles. The second-order valence-corrected chi connectivity index (χ2v) is 6.87. The highest BCUT2D eigenvalue weighted by Gasteiger charge is 2.30. The quantitative estimate of drug-likeness (QED) is 0.837. The van der Waals surface area contributed by atoms with Crippen molar-refractivity contribution in [2.24, 2.45) is 0 Å². The molecule has 0 radical (unpaired) electrons. The Balaban J connectivity index is 1.74. The molecule has 2 aliphatic heterocycles. The second-order valence-electron chi connectivity index (χ2n) is 6.87. The molecule has 0 spiro atoms. The van der Waals surface area contributed by atoms with E-state index in [1.165, 1.54) is 32.4 Å². The van der Waals surface area contributed by atoms with Crippen LogP contribution < -0.4 is 5.32 Å². The van der Waals surface area contributed by atoms with E-state index >= 15 is 0 Å². The molecule has 0 aromatic carbocycles. The van der Waals surface area contributed by atoms with Crippen LogP contribution in [0.15, 0.2) is 0 Å². The first-order valence-electron chi connectivity index (χ1n) is 7.60. The largest absolute Gasteiger partial charge is 0.375 e. The fourth-order valence-electron chi connectivity index (χ4n) is 3.29. The zero-order chi connectivity index (χ0) is 13.2. The molecule has 2 aliphatic rings. The minimum atomic E-state index is 0.0640. The van der Waals surface area contributed by atoms with Crippen LogP contribution >= 0.6 is 0 Å². The fourth-order valence-corrected chi connectivity index (χ4v) is 3.29. The highest BCUT2D eigenvalue weighted by molar-refractivity contribution is 4.87. The van der Waals surface area contributed by atoms with Gasteiger partial charge in [-0.3, -0.25) is 0 Å². The maximum Gasteiger partial charge on any atom is 0.0641 e. The highest BCUT2D eigenvalue weighted by Crippen LogP contribution is 2.25. The lowest BCUT2D eigenvalue weighted by atomic mass is 9.92. The average Bonchev–Trinajstić information content (AvgIpc) is 2.28. The van der Waals surface area contributed by atoms with E-state index in [0.29, 0.717) is 12.1 Å². The normalized spacial score (nSPS) is 30.8. The lowest BCUT2D eigenvalue weighted by Gasteiger charge is -2.40. The Morgan fingerprint density at radius 1 is 1.11 bits per heavy atom. The van der Waals surface area contributed by atoms with Gasteiger partial charge in [-0.1, -0.05) is 0 Å². The smallest absolute Gasteiger partial charge is 0.0641 e. The van der Waals surface area contributed by atoms with Crippen molar-refractivity contribution in [1.29, 1.82) is 0 Å². The van der Waals surface area contributed by atoms with Gasteiger partial charge in [-0.15, -0.1) is 0 Å². The first-order chi connectivity index (χ1) is 8.46. The molecule has 2 saturated heterocycles. The number of likely N-dealkylation sites (tertiary alicyclic amines) is 1. The van der Waals surface area contributed by atoms with Gasteiger partial charge >= 0.3 is 0 Å². The molecule has 1 atom stereocenters. The van der Waals surface area contributed by atoms with Crippen molar-refractivity contribution in [2.45, 2.75) is 77.1 Å². The summed E-state index contributed by atoms with van der Waals surface area (Å²) in [4.78, 5) is 2.59. The average molecular weight is 254 g/mol. The van der Waals surface area contributed by atoms with Crippen LogP contribution in [0, 0.1) is 0 Å². The van der Waals surface area contributed by atoms with Crippen molar-refractivity contribution < 1.29 is 4.74 Å². The SMILES string of the molecule is CC(C)N1CCC(NC2CCOC(C)(C)C2)CC1. The molecule has 18 heavy (non-hydrogen) atoms. The van der Waals surface area contributed by atoms with Gasteiger partial charge in [0.15, 0.2) is 0 Å². The second kappa shape index (κ2) is 5.89. The first-order valence-corrected chi connectivity index (χ1v) is 7.60. The predicted molar refractivity (Wildman–Crippen MR) is 75.9 cm³/mol. The Kier molecular flexibility index (Phi) is 4.68. The topological polar surface area (TPSA) is 24.5 Å². The Labute approximate surface area is 112 Å². The van der Waals surface area contributed by atoms with Crippen molar-refractivity contribution in [3.8, 4) is 0 Å². The molecule has 0 aromatic rings. The van der Waals surface area contributed by atoms with Gasteiger partial charge in [-0.2, -0.15) is 0 Å². The molecule has 106 valence electrons. The molecule has 0 aliphatic carbocycles. The summed E-state index contributed by atoms with van der Waals surface area (Å²) in [6.45, 7) is 12.4. The zero-order valence-corrected chi connectivity index (χ0v) is 12.5. The molecule has 2 fully saturated rings. The van der Waals surface area contributed by atoms with Crippen LogP contribution in [0.1, 0.15) is 53.4 Å². The molecule has 0 bridgehead atoms. The van der Waals surface area contributed by atoms with E-state index in [9.17, 15) is 0 Å². The van der Waals surface area contributed by atoms with Gasteiger partial charge in [0.25, 0.3) is 0 Å². The molecular formula is C15H30N2O. The summed E-state index contributed by atoms with van der Waals surface area (Å²) in [6, 6.07) is 2.08. The Hall–Kier alpha value is -0.120. The van der Waals surface area contributed by atoms with Crippen LogP contribution in [0.5, 0.6) is 0 Å². The number of ether oxygens (including phenoxy) is 1. The van der Waals surface area contributed by atoms with Gasteiger partial charge < -0.3 is 15.0 Å². The summed E-state index contributed by atoms with van der Waals surface area (Å²) in [5.41, 5.74) is 0.0640. The Bertz CT molecular complexity index is 257. The molecule has 0 saturated carbocycles. The van der Waals surface area contributed by atoms with Crippen LogP contribution in [0.4, 0.5) is 0 Å². The molecular weight excluding hydrogens is 224 g/mol. The van der Waals surface area contributed by atoms with Crippen LogP contribution in [-0.4, -0.2) is 48.3 Å². The predicted octanol–water partition coefficient (Wildman–Crippen LogP) is 2.41. The van der Waals surface area contributed by atoms with E-state index in [-0.39, 0.29) is 5.60 Å². The molecule has 1 unspecified atom stereocenters. The number of piperidine rings is 1. The molecule has 0 amide bonds. The van der Waals surface area contributed by atoms with Gasteiger partial charge in [-0.25, -0.2) is 0 Å². The minimum Gasteiger partial charge on any atom is -0.375 e. The van der Waals surface area contributed by atoms with Gasteiger partial charge in [0.2, 0.25) is 0 Å². The van der Waals surface area contributed by atoms with E-state index < -0.39 is 0 Å². The number of nitrogens with one attached hydrogen (secondary N) is 1. The summed E-state index contributed by atoms with van der Waals surface area (Å²) >= 11 is 0. The lowest BCUT2D eigenvalue weighted by molar-refractivity contribution is -0.0650. The number of rotatable bonds is 3. The number of hydrogen-bond acceptors (Lipinski definition) is 3. The van der Waals surface area contributed by atoms with E-state index in [4.69, 9.17) is 4.74 Å². The fraction of sp³-hybridized carbons (Fsp3) is 1.00. The van der Waals surface area contributed by atoms with Crippen LogP contribution in [0.2, 0.25) is 0 Å². The molecule has 2 rings (SSSR count). The van der Waals surface area contributed by atoms with Crippen LogP contribution in [0.3, 0.4) is 0 Å². The van der Waals surface area contributed by atoms with E-state index in [2.05, 4.69) is 37.9 Å². The Morgan fingerprint density at radius 2 is 1.78 bits per heavy atom. The van der Waals surface area contributed by atoms with Gasteiger partial charge in [0.05, 0.1) is 5.60 Å². The van der Waals surface area contributed by atoms with Crippen molar-refractivity contribution in [3.63, 3.8) is 0 Å². The van der Waals surface area contributed by atoms with Gasteiger partial charge in [-0.05, 0) is 66.5 Å². The van der Waals surface area contributed by atoms with Crippen molar-refractivity contribution >= 4 is 0 Å². The maximum atomic E-state index is 5.78. The summed E-state index contributed by atoms with van der Waals surface area (Å²) < 4.78 is 5.78. The number of hydrogen-bond donors (Lipinski definition) is 1. The molecule has 3 nitrogen and oxygen atoms in total. The number of nitrogens with zero attached hydrogens (tertiary/aromatic N) is 1. The third-order valence-corrected chi connectivity index (χ3v) is 4.43. The molecule has 0 aromatic heterocycles. The standard InChI is InChI=1S/C15H30N2O/c1-12(2)17-8-5-13(6-9-17)16-14-7-10-18-15(3,4)11-14/h12-14,16H,5-11H2,1-4H3. The van der Waals surface area contributed by atoms with Gasteiger partial charge in [0.1, 0.15) is 0 Å². The summed E-state index contributed by atoms with van der Waals surface area (Å²) in [6.07, 6.45) is 4.93. The van der Waals surface area contributed by atoms with Crippen LogP contribution in [-0.2, 0) is 4.74 Å². The molecule has 3 heteroatoms. The summed E-state index contributed by atoms with van der Waals surface area (Å²) in [5.74, 6) is 0. The zero-order valence-electron chi connectivity index (χ0n) is 12.5. The van der Waals surface area contributed by atoms with E-state index in [0.717, 1.165) is 19.1 Å². The third kappa shape index (κ3) is 3.94. The minimum absolute atomic E-state index is 0.0640. The van der Waals surface area contributed by atoms with Gasteiger partial charge in [0, 0.05) is 24.7 Å². The van der Waals surface area contributed by atoms with E-state index in [1.807, 2.05) is 0 Å². The van der Waals surface area contributed by atoms with Crippen molar-refractivity contribution in [3.05, 3.63) is 0 Å². The van der Waals surface area contributed by atoms with Crippen LogP contribution in [0.25, 0.3) is 0 Å². The maximum absolute atomic E-state index is 5.78. The third-order valence-electron chi connectivity index (χ3n) is 4.43. The van der Waals surface area contributed by atoms with Crippen molar-refractivity contribution in [2.75, 3.05) is 19.7 Å². The summed E-state index contributed by atoms with van der Waals surface area (Å²) in [5, 5.41) is 3.87. The van der Waals surface area contributed by atoms with Crippen molar-refractivity contribution in [1.82, 2.24) is 10.2 Å². The van der Waals surface area contributed by atoms with E-state index in [1.54, 1.807) is 0 Å². The first kappa shape index (κ1) is 14.3. The monoisotopic (exact) mass is 254 g/mol. The lowest BCUT2D eigenvalue weighted by Crippen LogP contribution is -2.51.